The van der Waals surface area contributed by atoms with E-state index in [9.17, 15) is 14.9 Å². The molecule has 0 amide bonds. The van der Waals surface area contributed by atoms with Crippen molar-refractivity contribution in [3.63, 3.8) is 0 Å². The summed E-state index contributed by atoms with van der Waals surface area (Å²) in [4.78, 5) is 21.1. The van der Waals surface area contributed by atoms with Crippen molar-refractivity contribution in [2.45, 2.75) is 6.42 Å². The molecule has 0 aliphatic carbocycles. The summed E-state index contributed by atoms with van der Waals surface area (Å²) < 4.78 is 0. The van der Waals surface area contributed by atoms with Gasteiger partial charge in [-0.25, -0.2) is 4.79 Å². The van der Waals surface area contributed by atoms with Gasteiger partial charge in [-0.3, -0.25) is 10.1 Å². The zero-order valence-electron chi connectivity index (χ0n) is 10.5. The first-order valence-electron chi connectivity index (χ1n) is 5.62. The third-order valence-corrected chi connectivity index (χ3v) is 2.74. The Morgan fingerprint density at radius 2 is 1.75 bits per heavy atom. The van der Waals surface area contributed by atoms with E-state index in [1.165, 1.54) is 12.1 Å². The van der Waals surface area contributed by atoms with E-state index in [4.69, 9.17) is 5.11 Å². The van der Waals surface area contributed by atoms with Crippen molar-refractivity contribution in [2.24, 2.45) is 0 Å². The van der Waals surface area contributed by atoms with Crippen LogP contribution in [0.1, 0.15) is 21.5 Å². The molecule has 2 aromatic rings. The fraction of sp³-hybridized carbons (Fsp3) is 0.0714. The molecule has 0 aromatic heterocycles. The topological polar surface area (TPSA) is 80.4 Å². The van der Waals surface area contributed by atoms with E-state index in [-0.39, 0.29) is 44.0 Å². The number of aromatic carboxylic acids is 1. The number of benzene rings is 2. The molecule has 0 spiro atoms. The van der Waals surface area contributed by atoms with E-state index in [1.54, 1.807) is 6.07 Å². The first kappa shape index (κ1) is 16.5. The zero-order valence-corrected chi connectivity index (χ0v) is 13.4. The normalized spacial score (nSPS) is 9.60. The van der Waals surface area contributed by atoms with Gasteiger partial charge >= 0.3 is 5.97 Å². The molecule has 0 unspecified atom stereocenters. The van der Waals surface area contributed by atoms with Crippen LogP contribution in [0.2, 0.25) is 0 Å². The maximum atomic E-state index is 11.0. The van der Waals surface area contributed by atoms with Crippen LogP contribution in [-0.2, 0) is 39.1 Å². The number of nitro groups is 1. The summed E-state index contributed by atoms with van der Waals surface area (Å²) in [5.74, 6) is -1.29. The molecule has 0 aliphatic heterocycles. The van der Waals surface area contributed by atoms with Crippen molar-refractivity contribution in [3.05, 3.63) is 75.3 Å². The summed E-state index contributed by atoms with van der Waals surface area (Å²) in [6, 6.07) is 13.7. The molecule has 0 aliphatic rings. The van der Waals surface area contributed by atoms with Gasteiger partial charge in [0.15, 0.2) is 0 Å². The summed E-state index contributed by atoms with van der Waals surface area (Å²) in [6.45, 7) is 0. The van der Waals surface area contributed by atoms with E-state index in [0.717, 1.165) is 11.1 Å². The SMILES string of the molecule is O=C(O)c1cc(Cc2ccccc2)ccc1[N+](=O)[O-].[Y]. The third kappa shape index (κ3) is 3.95. The maximum Gasteiger partial charge on any atom is 0.342 e. The van der Waals surface area contributed by atoms with Crippen LogP contribution >= 0.6 is 0 Å². The molecule has 1 N–H and O–H groups in total. The predicted molar refractivity (Wildman–Crippen MR) is 69.3 cm³/mol. The van der Waals surface area contributed by atoms with Gasteiger partial charge in [0.25, 0.3) is 5.69 Å². The molecule has 2 aromatic carbocycles. The Morgan fingerprint density at radius 3 is 2.30 bits per heavy atom. The van der Waals surface area contributed by atoms with Crippen molar-refractivity contribution < 1.29 is 47.5 Å². The van der Waals surface area contributed by atoms with E-state index < -0.39 is 10.9 Å². The molecule has 2 rings (SSSR count). The number of rotatable bonds is 4. The van der Waals surface area contributed by atoms with Crippen LogP contribution in [0.15, 0.2) is 48.5 Å². The third-order valence-electron chi connectivity index (χ3n) is 2.74. The fourth-order valence-corrected chi connectivity index (χ4v) is 1.86. The molecule has 1 radical (unpaired) electrons. The monoisotopic (exact) mass is 346 g/mol. The Labute approximate surface area is 140 Å². The number of hydrogen-bond donors (Lipinski definition) is 1. The summed E-state index contributed by atoms with van der Waals surface area (Å²) in [6.07, 6.45) is 0.541. The van der Waals surface area contributed by atoms with Gasteiger partial charge in [-0.15, -0.1) is 0 Å². The van der Waals surface area contributed by atoms with Gasteiger partial charge in [0.1, 0.15) is 5.56 Å². The number of nitrogens with zero attached hydrogens (tertiary/aromatic N) is 1. The van der Waals surface area contributed by atoms with Gasteiger partial charge in [-0.1, -0.05) is 36.4 Å². The second-order valence-electron chi connectivity index (χ2n) is 4.08. The van der Waals surface area contributed by atoms with Crippen molar-refractivity contribution in [3.8, 4) is 0 Å². The van der Waals surface area contributed by atoms with Crippen LogP contribution in [0.4, 0.5) is 5.69 Å². The van der Waals surface area contributed by atoms with Crippen molar-refractivity contribution in [1.82, 2.24) is 0 Å². The number of carboxylic acid groups (broad SMARTS) is 1. The maximum absolute atomic E-state index is 11.0. The second kappa shape index (κ2) is 7.26. The molecule has 20 heavy (non-hydrogen) atoms. The minimum Gasteiger partial charge on any atom is -0.477 e. The van der Waals surface area contributed by atoms with Crippen LogP contribution < -0.4 is 0 Å². The van der Waals surface area contributed by atoms with E-state index >= 15 is 0 Å². The quantitative estimate of drug-likeness (QED) is 0.682. The first-order chi connectivity index (χ1) is 9.08. The predicted octanol–water partition coefficient (Wildman–Crippen LogP) is 2.88. The molecule has 5 nitrogen and oxygen atoms in total. The van der Waals surface area contributed by atoms with E-state index in [0.29, 0.717) is 6.42 Å². The second-order valence-corrected chi connectivity index (χ2v) is 4.08. The number of carboxylic acids is 1. The first-order valence-corrected chi connectivity index (χ1v) is 5.62. The Morgan fingerprint density at radius 1 is 1.10 bits per heavy atom. The average Bonchev–Trinajstić information content (AvgIpc) is 2.39. The van der Waals surface area contributed by atoms with Gasteiger partial charge in [-0.2, -0.15) is 0 Å². The van der Waals surface area contributed by atoms with Crippen molar-refractivity contribution in [1.29, 1.82) is 0 Å². The minimum atomic E-state index is -1.29. The van der Waals surface area contributed by atoms with Crippen LogP contribution in [0, 0.1) is 10.1 Å². The van der Waals surface area contributed by atoms with Gasteiger partial charge in [-0.05, 0) is 23.6 Å². The molecular weight excluding hydrogens is 335 g/mol. The minimum absolute atomic E-state index is 0. The standard InChI is InChI=1S/C14H11NO4.Y/c16-14(17)12-9-11(6-7-13(12)15(18)19)8-10-4-2-1-3-5-10;/h1-7,9H,8H2,(H,16,17);. The Hall–Kier alpha value is -1.59. The molecule has 0 saturated heterocycles. The zero-order chi connectivity index (χ0) is 13.8. The summed E-state index contributed by atoms with van der Waals surface area (Å²) in [5, 5.41) is 19.7. The van der Waals surface area contributed by atoms with Gasteiger partial charge in [0.05, 0.1) is 4.92 Å². The van der Waals surface area contributed by atoms with Gasteiger partial charge < -0.3 is 5.11 Å². The molecule has 99 valence electrons. The Kier molecular flexibility index (Phi) is 5.98. The average molecular weight is 346 g/mol. The van der Waals surface area contributed by atoms with Crippen molar-refractivity contribution >= 4 is 11.7 Å². The van der Waals surface area contributed by atoms with E-state index in [1.807, 2.05) is 30.3 Å². The molecule has 0 bridgehead atoms. The summed E-state index contributed by atoms with van der Waals surface area (Å²) in [5.41, 5.74) is 1.09. The van der Waals surface area contributed by atoms with Crippen molar-refractivity contribution in [2.75, 3.05) is 0 Å². The molecule has 0 heterocycles. The number of carbonyl (C=O) groups is 1. The molecule has 0 atom stereocenters. The van der Waals surface area contributed by atoms with E-state index in [2.05, 4.69) is 0 Å². The van der Waals surface area contributed by atoms with Crippen LogP contribution in [0.3, 0.4) is 0 Å². The summed E-state index contributed by atoms with van der Waals surface area (Å²) in [7, 11) is 0. The number of nitro benzene ring substituents is 1. The van der Waals surface area contributed by atoms with Crippen LogP contribution in [0.5, 0.6) is 0 Å². The van der Waals surface area contributed by atoms with Crippen LogP contribution in [-0.4, -0.2) is 16.0 Å². The van der Waals surface area contributed by atoms with Gasteiger partial charge in [0.2, 0.25) is 0 Å². The molecule has 0 fully saturated rings. The molecular formula is C14H11NO4Y. The largest absolute Gasteiger partial charge is 0.477 e. The van der Waals surface area contributed by atoms with Crippen LogP contribution in [0.25, 0.3) is 0 Å². The van der Waals surface area contributed by atoms with Gasteiger partial charge in [0, 0.05) is 38.8 Å². The molecule has 6 heteroatoms. The Balaban J connectivity index is 0.00000200. The smallest absolute Gasteiger partial charge is 0.342 e. The number of hydrogen-bond acceptors (Lipinski definition) is 3. The molecule has 0 saturated carbocycles. The Bertz CT molecular complexity index is 628. The summed E-state index contributed by atoms with van der Waals surface area (Å²) >= 11 is 0. The fourth-order valence-electron chi connectivity index (χ4n) is 1.86.